The Morgan fingerprint density at radius 2 is 0.860 bits per heavy atom. The molecule has 0 radical (unpaired) electrons. The van der Waals surface area contributed by atoms with Crippen molar-refractivity contribution in [1.82, 2.24) is 0 Å². The maximum Gasteiger partial charge on any atom is 0.128 e. The number of halogens is 2. The smallest absolute Gasteiger partial charge is 0.128 e. The highest BCUT2D eigenvalue weighted by Crippen LogP contribution is 2.56. The molecule has 0 aromatic heterocycles. The molecule has 1 aliphatic rings. The first-order chi connectivity index (χ1) is 27.7. The predicted molar refractivity (Wildman–Crippen MR) is 235 cm³/mol. The second-order valence-corrected chi connectivity index (χ2v) is 15.8. The van der Waals surface area contributed by atoms with Crippen molar-refractivity contribution < 1.29 is 8.78 Å². The normalized spacial score (nSPS) is 12.9. The zero-order valence-electron chi connectivity index (χ0n) is 32.3. The molecule has 0 spiro atoms. The van der Waals surface area contributed by atoms with E-state index in [2.05, 4.69) is 145 Å². The Morgan fingerprint density at radius 3 is 1.46 bits per heavy atom. The predicted octanol–water partition coefficient (Wildman–Crippen LogP) is 15.3. The lowest BCUT2D eigenvalue weighted by Crippen LogP contribution is -2.18. The molecule has 276 valence electrons. The van der Waals surface area contributed by atoms with Gasteiger partial charge in [-0.05, 0) is 141 Å². The van der Waals surface area contributed by atoms with Gasteiger partial charge in [-0.1, -0.05) is 117 Å². The van der Waals surface area contributed by atoms with Crippen LogP contribution in [0.25, 0.3) is 43.4 Å². The van der Waals surface area contributed by atoms with Crippen molar-refractivity contribution in [2.24, 2.45) is 0 Å². The van der Waals surface area contributed by atoms with Crippen LogP contribution < -0.4 is 9.80 Å². The minimum Gasteiger partial charge on any atom is -0.310 e. The molecule has 10 rings (SSSR count). The van der Waals surface area contributed by atoms with E-state index >= 15 is 8.78 Å². The summed E-state index contributed by atoms with van der Waals surface area (Å²) < 4.78 is 30.8. The Labute approximate surface area is 331 Å². The molecule has 0 saturated carbocycles. The third kappa shape index (κ3) is 5.66. The van der Waals surface area contributed by atoms with Gasteiger partial charge in [-0.25, -0.2) is 8.78 Å². The summed E-state index contributed by atoms with van der Waals surface area (Å²) in [6, 6.07) is 58.1. The lowest BCUT2D eigenvalue weighted by atomic mass is 9.81. The van der Waals surface area contributed by atoms with Crippen LogP contribution in [0, 0.1) is 25.5 Å². The van der Waals surface area contributed by atoms with Crippen molar-refractivity contribution >= 4 is 66.4 Å². The molecule has 0 unspecified atom stereocenters. The highest BCUT2D eigenvalue weighted by atomic mass is 19.1. The van der Waals surface area contributed by atoms with Gasteiger partial charge in [0.1, 0.15) is 11.6 Å². The van der Waals surface area contributed by atoms with E-state index in [0.717, 1.165) is 66.4 Å². The van der Waals surface area contributed by atoms with Crippen LogP contribution in [0.4, 0.5) is 42.9 Å². The van der Waals surface area contributed by atoms with Crippen LogP contribution in [0.5, 0.6) is 0 Å². The molecule has 0 saturated heterocycles. The largest absolute Gasteiger partial charge is 0.310 e. The van der Waals surface area contributed by atoms with E-state index in [1.807, 2.05) is 36.4 Å². The van der Waals surface area contributed by atoms with Gasteiger partial charge in [0.25, 0.3) is 0 Å². The molecular formula is C53H40F2N2. The number of fused-ring (bicyclic) bond motifs is 7. The summed E-state index contributed by atoms with van der Waals surface area (Å²) in [5, 5.41) is 6.73. The molecule has 0 atom stereocenters. The molecule has 57 heavy (non-hydrogen) atoms. The van der Waals surface area contributed by atoms with E-state index in [1.165, 1.54) is 22.3 Å². The standard InChI is InChI=1S/C53H40F2N2/c1-33-17-21-42(30-49(33)54)56(39-23-19-35-11-5-7-13-37(35)27-39)41-25-26-46-47(29-41)53(3,4)48-32-51(44-15-9-10-16-45(44)52(46)48)57(43-22-18-34(2)50(55)31-43)40-24-20-36-12-6-8-14-38(36)28-40/h5-32H,1-4H3. The van der Waals surface area contributed by atoms with Gasteiger partial charge in [-0.2, -0.15) is 0 Å². The van der Waals surface area contributed by atoms with Crippen LogP contribution in [-0.4, -0.2) is 0 Å². The van der Waals surface area contributed by atoms with Crippen LogP contribution in [0.3, 0.4) is 0 Å². The lowest BCUT2D eigenvalue weighted by Gasteiger charge is -2.30. The second kappa shape index (κ2) is 13.2. The first kappa shape index (κ1) is 34.7. The molecule has 0 aliphatic heterocycles. The summed E-state index contributed by atoms with van der Waals surface area (Å²) >= 11 is 0. The maximum atomic E-state index is 15.5. The van der Waals surface area contributed by atoms with Crippen LogP contribution in [-0.2, 0) is 5.41 Å². The molecule has 0 heterocycles. The molecule has 4 heteroatoms. The summed E-state index contributed by atoms with van der Waals surface area (Å²) in [5.41, 5.74) is 10.9. The number of rotatable bonds is 6. The monoisotopic (exact) mass is 742 g/mol. The Kier molecular flexibility index (Phi) is 8.02. The molecule has 1 aliphatic carbocycles. The summed E-state index contributed by atoms with van der Waals surface area (Å²) in [6.45, 7) is 8.17. The van der Waals surface area contributed by atoms with E-state index in [4.69, 9.17) is 0 Å². The van der Waals surface area contributed by atoms with E-state index in [9.17, 15) is 0 Å². The van der Waals surface area contributed by atoms with E-state index in [-0.39, 0.29) is 11.6 Å². The Hall–Kier alpha value is -6.78. The van der Waals surface area contributed by atoms with Crippen LogP contribution in [0.1, 0.15) is 36.1 Å². The molecule has 0 N–H and O–H groups in total. The average molecular weight is 743 g/mol. The zero-order valence-corrected chi connectivity index (χ0v) is 32.3. The van der Waals surface area contributed by atoms with E-state index in [1.54, 1.807) is 26.0 Å². The molecule has 9 aromatic rings. The maximum absolute atomic E-state index is 15.5. The lowest BCUT2D eigenvalue weighted by molar-refractivity contribution is 0.618. The Morgan fingerprint density at radius 1 is 0.404 bits per heavy atom. The van der Waals surface area contributed by atoms with Gasteiger partial charge in [0, 0.05) is 39.2 Å². The molecule has 0 amide bonds. The number of hydrogen-bond acceptors (Lipinski definition) is 2. The number of hydrogen-bond donors (Lipinski definition) is 0. The van der Waals surface area contributed by atoms with Crippen LogP contribution in [0.2, 0.25) is 0 Å². The minimum atomic E-state index is -0.416. The fraction of sp³-hybridized carbons (Fsp3) is 0.0943. The van der Waals surface area contributed by atoms with Crippen LogP contribution >= 0.6 is 0 Å². The van der Waals surface area contributed by atoms with Crippen molar-refractivity contribution in [3.8, 4) is 11.1 Å². The SMILES string of the molecule is Cc1ccc(N(c2ccc3c(c2)C(C)(C)c2cc(N(c4ccc(C)c(F)c4)c4ccc5ccccc5c4)c4ccccc4c2-3)c2ccc3ccccc3c2)cc1F. The number of nitrogens with zero attached hydrogens (tertiary/aromatic N) is 2. The minimum absolute atomic E-state index is 0.240. The molecule has 0 bridgehead atoms. The summed E-state index contributed by atoms with van der Waals surface area (Å²) in [7, 11) is 0. The fourth-order valence-corrected chi connectivity index (χ4v) is 8.82. The molecule has 0 fully saturated rings. The molecular weight excluding hydrogens is 703 g/mol. The van der Waals surface area contributed by atoms with Gasteiger partial charge in [0.15, 0.2) is 0 Å². The summed E-state index contributed by atoms with van der Waals surface area (Å²) in [6.07, 6.45) is 0. The second-order valence-electron chi connectivity index (χ2n) is 15.8. The number of benzene rings is 9. The van der Waals surface area contributed by atoms with Crippen LogP contribution in [0.15, 0.2) is 170 Å². The first-order valence-electron chi connectivity index (χ1n) is 19.5. The first-order valence-corrected chi connectivity index (χ1v) is 19.5. The topological polar surface area (TPSA) is 6.48 Å². The van der Waals surface area contributed by atoms with E-state index < -0.39 is 5.41 Å². The van der Waals surface area contributed by atoms with E-state index in [0.29, 0.717) is 11.1 Å². The third-order valence-electron chi connectivity index (χ3n) is 12.0. The highest BCUT2D eigenvalue weighted by molar-refractivity contribution is 6.10. The van der Waals surface area contributed by atoms with Gasteiger partial charge in [-0.3, -0.25) is 0 Å². The fourth-order valence-electron chi connectivity index (χ4n) is 8.82. The highest BCUT2D eigenvalue weighted by Gasteiger charge is 2.38. The van der Waals surface area contributed by atoms with Gasteiger partial charge >= 0.3 is 0 Å². The summed E-state index contributed by atoms with van der Waals surface area (Å²) in [4.78, 5) is 4.36. The zero-order chi connectivity index (χ0) is 39.0. The molecule has 9 aromatic carbocycles. The van der Waals surface area contributed by atoms with Crippen molar-refractivity contribution in [1.29, 1.82) is 0 Å². The number of anilines is 6. The quantitative estimate of drug-likeness (QED) is 0.167. The Balaban J connectivity index is 1.18. The molecule has 2 nitrogen and oxygen atoms in total. The van der Waals surface area contributed by atoms with Gasteiger partial charge < -0.3 is 9.80 Å². The summed E-state index contributed by atoms with van der Waals surface area (Å²) in [5.74, 6) is -0.482. The Bertz CT molecular complexity index is 3070. The average Bonchev–Trinajstić information content (AvgIpc) is 3.46. The van der Waals surface area contributed by atoms with Crippen molar-refractivity contribution in [2.75, 3.05) is 9.80 Å². The van der Waals surface area contributed by atoms with Crippen molar-refractivity contribution in [3.05, 3.63) is 204 Å². The third-order valence-corrected chi connectivity index (χ3v) is 12.0. The van der Waals surface area contributed by atoms with Crippen molar-refractivity contribution in [2.45, 2.75) is 33.1 Å². The van der Waals surface area contributed by atoms with Gasteiger partial charge in [0.2, 0.25) is 0 Å². The van der Waals surface area contributed by atoms with Gasteiger partial charge in [0.05, 0.1) is 5.69 Å². The van der Waals surface area contributed by atoms with Crippen molar-refractivity contribution in [3.63, 3.8) is 0 Å². The van der Waals surface area contributed by atoms with Gasteiger partial charge in [-0.15, -0.1) is 0 Å². The number of aryl methyl sites for hydroxylation is 2.